The Bertz CT molecular complexity index is 456. The number of fused-ring (bicyclic) bond motifs is 3. The van der Waals surface area contributed by atoms with Crippen molar-refractivity contribution in [1.82, 2.24) is 4.90 Å². The summed E-state index contributed by atoms with van der Waals surface area (Å²) in [4.78, 5) is 2.32. The largest absolute Gasteiger partial charge is 0.411 e. The molecule has 0 atom stereocenters. The third-order valence-corrected chi connectivity index (χ3v) is 3.70. The average Bonchev–Trinajstić information content (AvgIpc) is 2.41. The van der Waals surface area contributed by atoms with Gasteiger partial charge in [-0.05, 0) is 24.5 Å². The first kappa shape index (κ1) is 10.4. The Kier molecular flexibility index (Phi) is 2.59. The highest BCUT2D eigenvalue weighted by Crippen LogP contribution is 2.33. The number of oxime groups is 1. The van der Waals surface area contributed by atoms with Gasteiger partial charge in [0.25, 0.3) is 0 Å². The molecular formula is C14H16N2O. The summed E-state index contributed by atoms with van der Waals surface area (Å²) in [5, 5.41) is 12.7. The van der Waals surface area contributed by atoms with Crippen molar-refractivity contribution in [3.63, 3.8) is 0 Å². The van der Waals surface area contributed by atoms with Crippen LogP contribution in [-0.2, 0) is 0 Å². The molecule has 4 rings (SSSR count). The second-order valence-corrected chi connectivity index (χ2v) is 4.69. The van der Waals surface area contributed by atoms with Crippen LogP contribution < -0.4 is 0 Å². The van der Waals surface area contributed by atoms with Crippen LogP contribution in [0.2, 0.25) is 0 Å². The second-order valence-electron chi connectivity index (χ2n) is 4.69. The number of allylic oxidation sites excluding steroid dienone is 1. The second kappa shape index (κ2) is 4.24. The highest BCUT2D eigenvalue weighted by molar-refractivity contribution is 6.05. The molecule has 3 heteroatoms. The lowest BCUT2D eigenvalue weighted by molar-refractivity contribution is 0.229. The van der Waals surface area contributed by atoms with Gasteiger partial charge in [0.05, 0.1) is 5.70 Å². The van der Waals surface area contributed by atoms with Crippen LogP contribution in [0.4, 0.5) is 0 Å². The Morgan fingerprint density at radius 2 is 1.88 bits per heavy atom. The first-order valence-electron chi connectivity index (χ1n) is 6.12. The fourth-order valence-electron chi connectivity index (χ4n) is 2.77. The highest BCUT2D eigenvalue weighted by Gasteiger charge is 2.35. The molecule has 0 amide bonds. The van der Waals surface area contributed by atoms with Gasteiger partial charge in [-0.3, -0.25) is 0 Å². The van der Waals surface area contributed by atoms with Crippen molar-refractivity contribution in [1.29, 1.82) is 0 Å². The Balaban J connectivity index is 1.99. The number of rotatable bonds is 1. The molecule has 3 fully saturated rings. The molecule has 1 aromatic carbocycles. The predicted molar refractivity (Wildman–Crippen MR) is 67.9 cm³/mol. The van der Waals surface area contributed by atoms with E-state index in [1.54, 1.807) is 0 Å². The van der Waals surface area contributed by atoms with E-state index in [-0.39, 0.29) is 0 Å². The molecule has 0 spiro atoms. The molecule has 2 bridgehead atoms. The topological polar surface area (TPSA) is 35.8 Å². The first-order chi connectivity index (χ1) is 8.38. The van der Waals surface area contributed by atoms with Crippen LogP contribution in [0.5, 0.6) is 0 Å². The molecule has 0 unspecified atom stereocenters. The van der Waals surface area contributed by atoms with Gasteiger partial charge in [0.15, 0.2) is 0 Å². The molecule has 1 aromatic rings. The normalized spacial score (nSPS) is 24.8. The van der Waals surface area contributed by atoms with Crippen molar-refractivity contribution in [2.75, 3.05) is 13.1 Å². The number of nitrogens with zero attached hydrogens (tertiary/aromatic N) is 2. The third kappa shape index (κ3) is 1.82. The van der Waals surface area contributed by atoms with Gasteiger partial charge in [0.2, 0.25) is 0 Å². The Morgan fingerprint density at radius 3 is 2.53 bits per heavy atom. The van der Waals surface area contributed by atoms with Crippen LogP contribution in [-0.4, -0.2) is 28.9 Å². The minimum Gasteiger partial charge on any atom is -0.411 e. The Morgan fingerprint density at radius 1 is 1.18 bits per heavy atom. The Hall–Kier alpha value is -1.77. The lowest BCUT2D eigenvalue weighted by Crippen LogP contribution is -2.46. The van der Waals surface area contributed by atoms with E-state index in [4.69, 9.17) is 0 Å². The molecule has 0 aromatic heterocycles. The van der Waals surface area contributed by atoms with Crippen molar-refractivity contribution >= 4 is 11.8 Å². The number of piperidine rings is 3. The van der Waals surface area contributed by atoms with E-state index in [9.17, 15) is 5.21 Å². The summed E-state index contributed by atoms with van der Waals surface area (Å²) in [5.41, 5.74) is 3.13. The number of hydrogen-bond donors (Lipinski definition) is 1. The minimum atomic E-state index is 0.444. The fraction of sp³-hybridized carbons (Fsp3) is 0.357. The molecule has 1 N–H and O–H groups in total. The minimum absolute atomic E-state index is 0.444. The SMILES string of the molecule is ON=C1C(=Cc2ccccc2)N2CCC1CC2. The summed E-state index contributed by atoms with van der Waals surface area (Å²) in [6.07, 6.45) is 4.36. The molecule has 3 heterocycles. The molecule has 0 radical (unpaired) electrons. The van der Waals surface area contributed by atoms with Gasteiger partial charge >= 0.3 is 0 Å². The van der Waals surface area contributed by atoms with E-state index in [1.807, 2.05) is 18.2 Å². The average molecular weight is 228 g/mol. The maximum Gasteiger partial charge on any atom is 0.106 e. The zero-order valence-corrected chi connectivity index (χ0v) is 9.71. The van der Waals surface area contributed by atoms with Crippen LogP contribution >= 0.6 is 0 Å². The van der Waals surface area contributed by atoms with Crippen molar-refractivity contribution in [3.05, 3.63) is 41.6 Å². The van der Waals surface area contributed by atoms with Crippen LogP contribution in [0.3, 0.4) is 0 Å². The van der Waals surface area contributed by atoms with Gasteiger partial charge in [0.1, 0.15) is 5.71 Å². The quantitative estimate of drug-likeness (QED) is 0.592. The van der Waals surface area contributed by atoms with Crippen LogP contribution in [0.25, 0.3) is 6.08 Å². The summed E-state index contributed by atoms with van der Waals surface area (Å²) >= 11 is 0. The zero-order chi connectivity index (χ0) is 11.7. The smallest absolute Gasteiger partial charge is 0.106 e. The van der Waals surface area contributed by atoms with Gasteiger partial charge in [0, 0.05) is 19.0 Å². The van der Waals surface area contributed by atoms with Gasteiger partial charge in [-0.15, -0.1) is 0 Å². The summed E-state index contributed by atoms with van der Waals surface area (Å²) in [5.74, 6) is 0.444. The summed E-state index contributed by atoms with van der Waals surface area (Å²) in [6, 6.07) is 10.2. The summed E-state index contributed by atoms with van der Waals surface area (Å²) in [6.45, 7) is 2.17. The predicted octanol–water partition coefficient (Wildman–Crippen LogP) is 2.58. The zero-order valence-electron chi connectivity index (χ0n) is 9.71. The first-order valence-corrected chi connectivity index (χ1v) is 6.12. The third-order valence-electron chi connectivity index (χ3n) is 3.70. The molecular weight excluding hydrogens is 212 g/mol. The van der Waals surface area contributed by atoms with Gasteiger partial charge in [-0.25, -0.2) is 0 Å². The van der Waals surface area contributed by atoms with Gasteiger partial charge in [-0.1, -0.05) is 35.5 Å². The molecule has 17 heavy (non-hydrogen) atoms. The van der Waals surface area contributed by atoms with E-state index in [0.29, 0.717) is 5.92 Å². The molecule has 3 aliphatic rings. The molecule has 88 valence electrons. The number of hydrogen-bond acceptors (Lipinski definition) is 3. The van der Waals surface area contributed by atoms with Gasteiger partial charge < -0.3 is 10.1 Å². The van der Waals surface area contributed by atoms with Crippen molar-refractivity contribution in [2.45, 2.75) is 12.8 Å². The maximum absolute atomic E-state index is 9.18. The molecule has 0 saturated carbocycles. The lowest BCUT2D eigenvalue weighted by atomic mass is 9.83. The van der Waals surface area contributed by atoms with E-state index >= 15 is 0 Å². The van der Waals surface area contributed by atoms with Crippen molar-refractivity contribution in [2.24, 2.45) is 11.1 Å². The number of benzene rings is 1. The molecule has 3 aliphatic heterocycles. The molecule has 3 nitrogen and oxygen atoms in total. The van der Waals surface area contributed by atoms with Crippen LogP contribution in [0, 0.1) is 5.92 Å². The highest BCUT2D eigenvalue weighted by atomic mass is 16.4. The van der Waals surface area contributed by atoms with Crippen molar-refractivity contribution in [3.8, 4) is 0 Å². The monoisotopic (exact) mass is 228 g/mol. The maximum atomic E-state index is 9.18. The van der Waals surface area contributed by atoms with E-state index in [2.05, 4.69) is 28.3 Å². The fourth-order valence-corrected chi connectivity index (χ4v) is 2.77. The van der Waals surface area contributed by atoms with E-state index in [1.165, 1.54) is 0 Å². The lowest BCUT2D eigenvalue weighted by Gasteiger charge is -2.42. The standard InChI is InChI=1S/C14H16N2O/c17-15-14-12-6-8-16(9-7-12)13(14)10-11-4-2-1-3-5-11/h1-5,10,12,17H,6-9H2. The van der Waals surface area contributed by atoms with Crippen molar-refractivity contribution < 1.29 is 5.21 Å². The summed E-state index contributed by atoms with van der Waals surface area (Å²) < 4.78 is 0. The Labute approximate surface area is 101 Å². The van der Waals surface area contributed by atoms with Crippen LogP contribution in [0.1, 0.15) is 18.4 Å². The molecule has 0 aliphatic carbocycles. The molecule has 3 saturated heterocycles. The van der Waals surface area contributed by atoms with Gasteiger partial charge in [-0.2, -0.15) is 0 Å². The van der Waals surface area contributed by atoms with E-state index in [0.717, 1.165) is 42.9 Å². The summed E-state index contributed by atoms with van der Waals surface area (Å²) in [7, 11) is 0. The van der Waals surface area contributed by atoms with Crippen LogP contribution in [0.15, 0.2) is 41.2 Å². The van der Waals surface area contributed by atoms with E-state index < -0.39 is 0 Å².